The zero-order valence-electron chi connectivity index (χ0n) is 8.29. The van der Waals surface area contributed by atoms with Crippen molar-refractivity contribution in [2.45, 2.75) is 0 Å². The fourth-order valence-corrected chi connectivity index (χ4v) is 1.99. The van der Waals surface area contributed by atoms with Crippen LogP contribution in [0.5, 0.6) is 0 Å². The Bertz CT molecular complexity index is 360. The summed E-state index contributed by atoms with van der Waals surface area (Å²) in [6, 6.07) is 3.72. The van der Waals surface area contributed by atoms with E-state index in [-0.39, 0.29) is 5.78 Å². The monoisotopic (exact) mass is 225 g/mol. The predicted octanol–water partition coefficient (Wildman–Crippen LogP) is -0.970. The molecule has 0 saturated carbocycles. The lowest BCUT2D eigenvalue weighted by Gasteiger charge is -2.08. The van der Waals surface area contributed by atoms with Crippen LogP contribution in [-0.4, -0.2) is 37.9 Å². The van der Waals surface area contributed by atoms with Gasteiger partial charge in [0.2, 0.25) is 5.78 Å². The molecule has 0 saturated heterocycles. The second-order valence-electron chi connectivity index (χ2n) is 3.21. The van der Waals surface area contributed by atoms with Crippen LogP contribution in [-0.2, 0) is 4.74 Å². The van der Waals surface area contributed by atoms with Crippen LogP contribution < -0.4 is 10.3 Å². The highest BCUT2D eigenvalue weighted by atomic mass is 32.1. The maximum absolute atomic E-state index is 11.6. The summed E-state index contributed by atoms with van der Waals surface area (Å²) in [5.74, 6) is 1.01. The van der Waals surface area contributed by atoms with Crippen molar-refractivity contribution in [1.29, 1.82) is 0 Å². The van der Waals surface area contributed by atoms with Gasteiger partial charge in [0.15, 0.2) is 0 Å². The largest absolute Gasteiger partial charge is 0.365 e. The van der Waals surface area contributed by atoms with Crippen molar-refractivity contribution in [1.82, 2.24) is 5.32 Å². The normalized spacial score (nSPS) is 15.9. The first-order valence-electron chi connectivity index (χ1n) is 4.84. The molecule has 0 spiro atoms. The van der Waals surface area contributed by atoms with Crippen LogP contribution in [0.25, 0.3) is 0 Å². The SMILES string of the molecule is O=C(CNC1=[NH+]CCOC1)c1cccs1. The van der Waals surface area contributed by atoms with Crippen molar-refractivity contribution in [2.75, 3.05) is 26.3 Å². The Hall–Kier alpha value is -1.20. The van der Waals surface area contributed by atoms with E-state index >= 15 is 0 Å². The molecule has 0 fully saturated rings. The van der Waals surface area contributed by atoms with Gasteiger partial charge in [-0.3, -0.25) is 15.1 Å². The molecule has 1 aliphatic heterocycles. The minimum Gasteiger partial charge on any atom is -0.365 e. The van der Waals surface area contributed by atoms with Gasteiger partial charge < -0.3 is 4.74 Å². The zero-order valence-corrected chi connectivity index (χ0v) is 9.10. The average Bonchev–Trinajstić information content (AvgIpc) is 2.81. The van der Waals surface area contributed by atoms with Crippen LogP contribution >= 0.6 is 11.3 Å². The van der Waals surface area contributed by atoms with E-state index in [4.69, 9.17) is 4.74 Å². The van der Waals surface area contributed by atoms with Crippen LogP contribution in [0.2, 0.25) is 0 Å². The smallest absolute Gasteiger partial charge is 0.269 e. The summed E-state index contributed by atoms with van der Waals surface area (Å²) in [7, 11) is 0. The van der Waals surface area contributed by atoms with Crippen molar-refractivity contribution in [3.63, 3.8) is 0 Å². The highest BCUT2D eigenvalue weighted by Crippen LogP contribution is 2.08. The van der Waals surface area contributed by atoms with Crippen LogP contribution in [0, 0.1) is 0 Å². The summed E-state index contributed by atoms with van der Waals surface area (Å²) in [6.07, 6.45) is 0. The lowest BCUT2D eigenvalue weighted by molar-refractivity contribution is -0.474. The number of carbonyl (C=O) groups excluding carboxylic acids is 1. The Kier molecular flexibility index (Phi) is 3.47. The lowest BCUT2D eigenvalue weighted by atomic mass is 10.3. The summed E-state index contributed by atoms with van der Waals surface area (Å²) in [4.78, 5) is 15.6. The average molecular weight is 225 g/mol. The summed E-state index contributed by atoms with van der Waals surface area (Å²) in [5.41, 5.74) is 0. The molecular weight excluding hydrogens is 212 g/mol. The molecule has 4 nitrogen and oxygen atoms in total. The van der Waals surface area contributed by atoms with E-state index in [9.17, 15) is 4.79 Å². The predicted molar refractivity (Wildman–Crippen MR) is 58.3 cm³/mol. The number of hydrogen-bond acceptors (Lipinski definition) is 4. The molecule has 0 aliphatic carbocycles. The molecule has 2 N–H and O–H groups in total. The molecule has 0 aromatic carbocycles. The Morgan fingerprint density at radius 2 is 2.60 bits per heavy atom. The first kappa shape index (κ1) is 10.3. The summed E-state index contributed by atoms with van der Waals surface area (Å²) in [6.45, 7) is 2.39. The maximum atomic E-state index is 11.6. The molecule has 2 rings (SSSR count). The summed E-state index contributed by atoms with van der Waals surface area (Å²) >= 11 is 1.47. The molecular formula is C10H13N2O2S+. The van der Waals surface area contributed by atoms with E-state index < -0.39 is 0 Å². The van der Waals surface area contributed by atoms with Gasteiger partial charge in [-0.25, -0.2) is 0 Å². The fourth-order valence-electron chi connectivity index (χ4n) is 1.32. The Morgan fingerprint density at radius 3 is 3.27 bits per heavy atom. The van der Waals surface area contributed by atoms with Crippen LogP contribution in [0.15, 0.2) is 17.5 Å². The molecule has 0 amide bonds. The number of nitrogens with one attached hydrogen (secondary N) is 2. The Balaban J connectivity index is 1.83. The van der Waals surface area contributed by atoms with Gasteiger partial charge in [-0.15, -0.1) is 11.3 Å². The lowest BCUT2D eigenvalue weighted by Crippen LogP contribution is -2.80. The van der Waals surface area contributed by atoms with Crippen molar-refractivity contribution < 1.29 is 14.5 Å². The number of amidine groups is 1. The number of hydrogen-bond donors (Lipinski definition) is 2. The van der Waals surface area contributed by atoms with Gasteiger partial charge in [-0.05, 0) is 11.4 Å². The standard InChI is InChI=1S/C10H12N2O2S/c13-8(9-2-1-5-15-9)6-12-10-7-14-4-3-11-10/h1-2,5H,3-4,6-7H2,(H,11,12)/p+1. The van der Waals surface area contributed by atoms with Crippen LogP contribution in [0.3, 0.4) is 0 Å². The molecule has 2 heterocycles. The molecule has 0 unspecified atom stereocenters. The summed E-state index contributed by atoms with van der Waals surface area (Å²) < 4.78 is 5.23. The van der Waals surface area contributed by atoms with E-state index in [1.54, 1.807) is 0 Å². The second-order valence-corrected chi connectivity index (χ2v) is 4.16. The van der Waals surface area contributed by atoms with E-state index in [0.717, 1.165) is 23.9 Å². The van der Waals surface area contributed by atoms with Gasteiger partial charge in [-0.2, -0.15) is 0 Å². The number of Topliss-reactive ketones (excluding diaryl/α,β-unsaturated/α-hetero) is 1. The first-order chi connectivity index (χ1) is 7.36. The Labute approximate surface area is 92.0 Å². The van der Waals surface area contributed by atoms with Gasteiger partial charge in [-0.1, -0.05) is 6.07 Å². The second kappa shape index (κ2) is 5.04. The van der Waals surface area contributed by atoms with E-state index in [0.29, 0.717) is 13.2 Å². The molecule has 1 aromatic heterocycles. The molecule has 0 radical (unpaired) electrons. The number of thiophene rings is 1. The zero-order chi connectivity index (χ0) is 10.5. The first-order valence-corrected chi connectivity index (χ1v) is 5.72. The minimum atomic E-state index is 0.116. The van der Waals surface area contributed by atoms with E-state index in [1.165, 1.54) is 11.3 Å². The number of ether oxygens (including phenoxy) is 1. The third kappa shape index (κ3) is 2.87. The topological polar surface area (TPSA) is 52.3 Å². The van der Waals surface area contributed by atoms with Crippen molar-refractivity contribution >= 4 is 23.0 Å². The fraction of sp³-hybridized carbons (Fsp3) is 0.400. The third-order valence-corrected chi connectivity index (χ3v) is 3.00. The van der Waals surface area contributed by atoms with E-state index in [1.807, 2.05) is 17.5 Å². The van der Waals surface area contributed by atoms with Crippen LogP contribution in [0.1, 0.15) is 9.67 Å². The van der Waals surface area contributed by atoms with Gasteiger partial charge in [0.1, 0.15) is 19.7 Å². The van der Waals surface area contributed by atoms with Crippen molar-refractivity contribution in [2.24, 2.45) is 0 Å². The molecule has 5 heteroatoms. The highest BCUT2D eigenvalue weighted by Gasteiger charge is 2.14. The Morgan fingerprint density at radius 1 is 1.67 bits per heavy atom. The molecule has 0 atom stereocenters. The van der Waals surface area contributed by atoms with Gasteiger partial charge in [0.25, 0.3) is 5.84 Å². The number of ketones is 1. The summed E-state index contributed by atoms with van der Waals surface area (Å²) in [5, 5.41) is 4.95. The highest BCUT2D eigenvalue weighted by molar-refractivity contribution is 7.12. The van der Waals surface area contributed by atoms with Gasteiger partial charge in [0, 0.05) is 0 Å². The van der Waals surface area contributed by atoms with Gasteiger partial charge >= 0.3 is 0 Å². The third-order valence-electron chi connectivity index (χ3n) is 2.09. The number of rotatable bonds is 3. The number of carbonyl (C=O) groups is 1. The van der Waals surface area contributed by atoms with Crippen LogP contribution in [0.4, 0.5) is 0 Å². The van der Waals surface area contributed by atoms with Gasteiger partial charge in [0.05, 0.1) is 11.5 Å². The quantitative estimate of drug-likeness (QED) is 0.651. The molecule has 1 aliphatic rings. The minimum absolute atomic E-state index is 0.116. The van der Waals surface area contributed by atoms with E-state index in [2.05, 4.69) is 10.3 Å². The maximum Gasteiger partial charge on any atom is 0.269 e. The molecule has 0 bridgehead atoms. The van der Waals surface area contributed by atoms with Crippen molar-refractivity contribution in [3.8, 4) is 0 Å². The van der Waals surface area contributed by atoms with Crippen molar-refractivity contribution in [3.05, 3.63) is 22.4 Å². The molecule has 1 aromatic rings. The molecule has 80 valence electrons. The molecule has 15 heavy (non-hydrogen) atoms.